The second-order valence-corrected chi connectivity index (χ2v) is 14.1. The smallest absolute Gasteiger partial charge is 0.252 e. The monoisotopic (exact) mass is 548 g/mol. The van der Waals surface area contributed by atoms with Crippen LogP contribution in [0.5, 0.6) is 0 Å². The average molecular weight is 548 g/mol. The molecule has 3 heteroatoms. The summed E-state index contributed by atoms with van der Waals surface area (Å²) < 4.78 is 5.27. The molecule has 43 heavy (non-hydrogen) atoms. The van der Waals surface area contributed by atoms with Gasteiger partial charge in [0.2, 0.25) is 0 Å². The summed E-state index contributed by atoms with van der Waals surface area (Å²) in [5, 5.41) is 2.80. The third-order valence-corrected chi connectivity index (χ3v) is 11.5. The molecule has 7 aromatic rings. The van der Waals surface area contributed by atoms with Gasteiger partial charge in [-0.1, -0.05) is 119 Å². The van der Waals surface area contributed by atoms with Crippen LogP contribution in [0.3, 0.4) is 0 Å². The Morgan fingerprint density at radius 3 is 1.42 bits per heavy atom. The molecular formula is C40H29BN2. The predicted molar refractivity (Wildman–Crippen MR) is 180 cm³/mol. The minimum absolute atomic E-state index is 0.0623. The van der Waals surface area contributed by atoms with Crippen molar-refractivity contribution in [2.75, 3.05) is 0 Å². The van der Waals surface area contributed by atoms with Crippen molar-refractivity contribution >= 4 is 44.9 Å². The van der Waals surface area contributed by atoms with Gasteiger partial charge in [-0.15, -0.1) is 0 Å². The number of hydrogen-bond donors (Lipinski definition) is 0. The third kappa shape index (κ3) is 2.25. The first-order valence-corrected chi connectivity index (χ1v) is 15.6. The molecule has 2 nitrogen and oxygen atoms in total. The molecule has 0 atom stereocenters. The van der Waals surface area contributed by atoms with Gasteiger partial charge in [-0.05, 0) is 50.8 Å². The molecule has 0 unspecified atom stereocenters. The Morgan fingerprint density at radius 1 is 0.488 bits per heavy atom. The van der Waals surface area contributed by atoms with Crippen LogP contribution in [0.25, 0.3) is 55.7 Å². The fourth-order valence-corrected chi connectivity index (χ4v) is 9.89. The van der Waals surface area contributed by atoms with Crippen molar-refractivity contribution in [2.45, 2.75) is 38.5 Å². The van der Waals surface area contributed by atoms with Crippen LogP contribution in [0.1, 0.15) is 49.9 Å². The fraction of sp³-hybridized carbons (Fsp3) is 0.150. The molecular weight excluding hydrogens is 519 g/mol. The quantitative estimate of drug-likeness (QED) is 0.176. The van der Waals surface area contributed by atoms with Gasteiger partial charge in [0, 0.05) is 55.1 Å². The van der Waals surface area contributed by atoms with Gasteiger partial charge in [0.15, 0.2) is 0 Å². The largest absolute Gasteiger partial charge is 0.310 e. The summed E-state index contributed by atoms with van der Waals surface area (Å²) >= 11 is 0. The Bertz CT molecular complexity index is 2300. The molecule has 0 amide bonds. The second-order valence-electron chi connectivity index (χ2n) is 14.1. The molecule has 5 aromatic carbocycles. The van der Waals surface area contributed by atoms with E-state index in [0.29, 0.717) is 0 Å². The molecule has 202 valence electrons. The van der Waals surface area contributed by atoms with Gasteiger partial charge in [-0.2, -0.15) is 0 Å². The number of hydrogen-bond acceptors (Lipinski definition) is 0. The van der Waals surface area contributed by atoms with Crippen LogP contribution in [0.15, 0.2) is 103 Å². The van der Waals surface area contributed by atoms with Crippen LogP contribution in [0.2, 0.25) is 0 Å². The van der Waals surface area contributed by atoms with Crippen LogP contribution >= 0.6 is 0 Å². The summed E-state index contributed by atoms with van der Waals surface area (Å²) in [6, 6.07) is 39.4. The van der Waals surface area contributed by atoms with Gasteiger partial charge >= 0.3 is 0 Å². The zero-order valence-electron chi connectivity index (χ0n) is 24.8. The first-order valence-electron chi connectivity index (χ1n) is 15.6. The molecule has 0 spiro atoms. The summed E-state index contributed by atoms with van der Waals surface area (Å²) in [5.74, 6) is 0. The molecule has 2 aromatic heterocycles. The lowest BCUT2D eigenvalue weighted by molar-refractivity contribution is 0.666. The number of aromatic nitrogens is 2. The standard InChI is InChI=1S/C40H29BN2/c1-39(2)26-16-7-5-12-22(26)37-32(39)24-14-9-18-28-35(24)42(37)30-20-11-21-31-34(30)41(28)29-19-10-15-25-33-38(43(31)36(25)29)23-13-6-8-17-27(23)40(33,3)4/h5-21H,1-4H3. The molecule has 4 heterocycles. The van der Waals surface area contributed by atoms with Crippen molar-refractivity contribution in [3.63, 3.8) is 0 Å². The van der Waals surface area contributed by atoms with Gasteiger partial charge in [0.05, 0.1) is 11.4 Å². The van der Waals surface area contributed by atoms with E-state index in [1.165, 1.54) is 94.3 Å². The predicted octanol–water partition coefficient (Wildman–Crippen LogP) is 7.33. The summed E-state index contributed by atoms with van der Waals surface area (Å²) in [4.78, 5) is 0. The van der Waals surface area contributed by atoms with Crippen LogP contribution in [-0.4, -0.2) is 15.8 Å². The van der Waals surface area contributed by atoms with Crippen molar-refractivity contribution in [3.05, 3.63) is 125 Å². The Kier molecular flexibility index (Phi) is 3.65. The van der Waals surface area contributed by atoms with Gasteiger partial charge in [-0.3, -0.25) is 0 Å². The van der Waals surface area contributed by atoms with Crippen molar-refractivity contribution in [2.24, 2.45) is 0 Å². The highest BCUT2D eigenvalue weighted by Gasteiger charge is 2.48. The summed E-state index contributed by atoms with van der Waals surface area (Å²) in [6.45, 7) is 9.84. The van der Waals surface area contributed by atoms with E-state index < -0.39 is 0 Å². The molecule has 0 fully saturated rings. The van der Waals surface area contributed by atoms with Gasteiger partial charge in [0.1, 0.15) is 0 Å². The average Bonchev–Trinajstić information content (AvgIpc) is 3.70. The van der Waals surface area contributed by atoms with E-state index in [9.17, 15) is 0 Å². The Balaban J connectivity index is 1.35. The molecule has 0 saturated heterocycles. The highest BCUT2D eigenvalue weighted by atomic mass is 15.1. The molecule has 0 saturated carbocycles. The number of fused-ring (bicyclic) bond motifs is 14. The number of rotatable bonds is 0. The maximum Gasteiger partial charge on any atom is 0.252 e. The number of para-hydroxylation sites is 2. The normalized spacial score (nSPS) is 16.7. The Labute approximate surface area is 251 Å². The maximum atomic E-state index is 2.63. The van der Waals surface area contributed by atoms with E-state index in [0.717, 1.165) is 0 Å². The molecule has 2 aliphatic carbocycles. The van der Waals surface area contributed by atoms with Crippen LogP contribution in [0.4, 0.5) is 0 Å². The van der Waals surface area contributed by atoms with E-state index >= 15 is 0 Å². The fourth-order valence-electron chi connectivity index (χ4n) is 9.89. The number of nitrogens with zero attached hydrogens (tertiary/aromatic N) is 2. The third-order valence-electron chi connectivity index (χ3n) is 11.5. The first-order chi connectivity index (χ1) is 20.9. The lowest BCUT2D eigenvalue weighted by atomic mass is 9.34. The lowest BCUT2D eigenvalue weighted by Crippen LogP contribution is -2.59. The van der Waals surface area contributed by atoms with E-state index in [2.05, 4.69) is 140 Å². The van der Waals surface area contributed by atoms with Crippen molar-refractivity contribution in [1.29, 1.82) is 0 Å². The molecule has 0 N–H and O–H groups in total. The van der Waals surface area contributed by atoms with E-state index in [-0.39, 0.29) is 17.5 Å². The van der Waals surface area contributed by atoms with Gasteiger partial charge in [-0.25, -0.2) is 0 Å². The maximum absolute atomic E-state index is 2.63. The highest BCUT2D eigenvalue weighted by Crippen LogP contribution is 2.56. The minimum Gasteiger partial charge on any atom is -0.310 e. The Hall–Kier alpha value is -4.76. The van der Waals surface area contributed by atoms with Gasteiger partial charge in [0.25, 0.3) is 6.71 Å². The van der Waals surface area contributed by atoms with Crippen molar-refractivity contribution in [3.8, 4) is 33.9 Å². The molecule has 11 rings (SSSR count). The zero-order valence-corrected chi connectivity index (χ0v) is 24.8. The molecule has 0 radical (unpaired) electrons. The van der Waals surface area contributed by atoms with Crippen LogP contribution in [0, 0.1) is 0 Å². The van der Waals surface area contributed by atoms with E-state index in [1.54, 1.807) is 0 Å². The first kappa shape index (κ1) is 22.8. The lowest BCUT2D eigenvalue weighted by Gasteiger charge is -2.34. The summed E-state index contributed by atoms with van der Waals surface area (Å²) in [5.41, 5.74) is 20.9. The second kappa shape index (κ2) is 6.89. The molecule has 2 aliphatic heterocycles. The van der Waals surface area contributed by atoms with Crippen LogP contribution < -0.4 is 16.4 Å². The van der Waals surface area contributed by atoms with Gasteiger partial charge < -0.3 is 9.13 Å². The molecule has 0 bridgehead atoms. The SMILES string of the molecule is CC1(C)c2ccccc2-c2c1c1cccc3c1n2-c1cccc2c1B3c1cccc3c4c(n-2c13)-c1ccccc1C4(C)C. The zero-order chi connectivity index (χ0) is 28.6. The van der Waals surface area contributed by atoms with Crippen LogP contribution in [-0.2, 0) is 10.8 Å². The molecule has 4 aliphatic rings. The highest BCUT2D eigenvalue weighted by molar-refractivity contribution is 7.00. The van der Waals surface area contributed by atoms with E-state index in [1.807, 2.05) is 0 Å². The Morgan fingerprint density at radius 2 is 0.930 bits per heavy atom. The van der Waals surface area contributed by atoms with Crippen molar-refractivity contribution in [1.82, 2.24) is 9.13 Å². The van der Waals surface area contributed by atoms with Crippen molar-refractivity contribution < 1.29 is 0 Å². The topological polar surface area (TPSA) is 9.86 Å². The summed E-state index contributed by atoms with van der Waals surface area (Å²) in [7, 11) is 0. The summed E-state index contributed by atoms with van der Waals surface area (Å²) in [6.07, 6.45) is 0. The minimum atomic E-state index is -0.0623. The van der Waals surface area contributed by atoms with E-state index in [4.69, 9.17) is 0 Å². The number of benzene rings is 5.